The first kappa shape index (κ1) is 20.5. The quantitative estimate of drug-likeness (QED) is 0.518. The molecule has 0 radical (unpaired) electrons. The van der Waals surface area contributed by atoms with Crippen molar-refractivity contribution in [1.29, 1.82) is 0 Å². The summed E-state index contributed by atoms with van der Waals surface area (Å²) in [7, 11) is 0. The lowest BCUT2D eigenvalue weighted by Gasteiger charge is -2.20. The average Bonchev–Trinajstić information content (AvgIpc) is 3.14. The van der Waals surface area contributed by atoms with Crippen molar-refractivity contribution in [2.45, 2.75) is 45.4 Å². The number of nitrogens with one attached hydrogen (secondary N) is 2. The van der Waals surface area contributed by atoms with E-state index in [2.05, 4.69) is 15.6 Å². The Labute approximate surface area is 155 Å². The van der Waals surface area contributed by atoms with E-state index in [0.29, 0.717) is 25.7 Å². The van der Waals surface area contributed by atoms with Crippen LogP contribution in [0.2, 0.25) is 0 Å². The third-order valence-electron chi connectivity index (χ3n) is 3.87. The number of hydrogen-bond donors (Lipinski definition) is 2. The second-order valence-corrected chi connectivity index (χ2v) is 6.44. The van der Waals surface area contributed by atoms with Gasteiger partial charge in [0, 0.05) is 19.2 Å². The first-order valence-electron chi connectivity index (χ1n) is 9.23. The number of rotatable bonds is 9. The van der Waals surface area contributed by atoms with Crippen molar-refractivity contribution in [3.05, 3.63) is 30.1 Å². The van der Waals surface area contributed by atoms with Gasteiger partial charge in [-0.25, -0.2) is 9.38 Å². The second kappa shape index (κ2) is 11.0. The van der Waals surface area contributed by atoms with E-state index in [1.165, 1.54) is 6.07 Å². The summed E-state index contributed by atoms with van der Waals surface area (Å²) in [5.74, 6) is 0.569. The molecule has 1 fully saturated rings. The van der Waals surface area contributed by atoms with Gasteiger partial charge in [0.1, 0.15) is 6.10 Å². The summed E-state index contributed by atoms with van der Waals surface area (Å²) >= 11 is 0. The second-order valence-electron chi connectivity index (χ2n) is 6.44. The lowest BCUT2D eigenvalue weighted by Crippen LogP contribution is -2.45. The summed E-state index contributed by atoms with van der Waals surface area (Å²) in [4.78, 5) is 4.53. The molecule has 0 aliphatic carbocycles. The molecule has 0 spiro atoms. The van der Waals surface area contributed by atoms with Crippen LogP contribution in [0.25, 0.3) is 0 Å². The number of para-hydroxylation sites is 1. The Hall–Kier alpha value is -1.86. The van der Waals surface area contributed by atoms with E-state index in [1.807, 2.05) is 20.8 Å². The van der Waals surface area contributed by atoms with Crippen LogP contribution in [-0.2, 0) is 9.47 Å². The van der Waals surface area contributed by atoms with E-state index in [1.54, 1.807) is 18.2 Å². The van der Waals surface area contributed by atoms with Gasteiger partial charge in [-0.3, -0.25) is 0 Å². The Balaban J connectivity index is 1.79. The molecule has 0 aromatic heterocycles. The van der Waals surface area contributed by atoms with Crippen LogP contribution >= 0.6 is 0 Å². The molecule has 146 valence electrons. The maximum Gasteiger partial charge on any atom is 0.191 e. The maximum absolute atomic E-state index is 13.6. The zero-order valence-corrected chi connectivity index (χ0v) is 15.8. The Morgan fingerprint density at radius 3 is 2.88 bits per heavy atom. The third kappa shape index (κ3) is 7.17. The van der Waals surface area contributed by atoms with Crippen LogP contribution in [-0.4, -0.2) is 57.1 Å². The highest BCUT2D eigenvalue weighted by Gasteiger charge is 2.17. The minimum Gasteiger partial charge on any atom is -0.486 e. The largest absolute Gasteiger partial charge is 0.486 e. The first-order valence-corrected chi connectivity index (χ1v) is 9.23. The molecule has 1 heterocycles. The van der Waals surface area contributed by atoms with Gasteiger partial charge in [-0.15, -0.1) is 0 Å². The smallest absolute Gasteiger partial charge is 0.191 e. The molecule has 2 N–H and O–H groups in total. The summed E-state index contributed by atoms with van der Waals surface area (Å²) < 4.78 is 30.4. The molecular weight excluding hydrogens is 337 g/mol. The number of ether oxygens (including phenoxy) is 3. The summed E-state index contributed by atoms with van der Waals surface area (Å²) in [6.45, 7) is 9.11. The van der Waals surface area contributed by atoms with Crippen molar-refractivity contribution < 1.29 is 18.6 Å². The first-order chi connectivity index (χ1) is 12.6. The highest BCUT2D eigenvalue weighted by molar-refractivity contribution is 5.80. The van der Waals surface area contributed by atoms with Gasteiger partial charge in [0.05, 0.1) is 25.9 Å². The molecule has 2 rings (SSSR count). The molecule has 26 heavy (non-hydrogen) atoms. The molecule has 0 amide bonds. The van der Waals surface area contributed by atoms with Crippen molar-refractivity contribution in [3.63, 3.8) is 0 Å². The monoisotopic (exact) mass is 367 g/mol. The Morgan fingerprint density at radius 2 is 2.19 bits per heavy atom. The van der Waals surface area contributed by atoms with E-state index in [9.17, 15) is 4.39 Å². The third-order valence-corrected chi connectivity index (χ3v) is 3.87. The van der Waals surface area contributed by atoms with Crippen molar-refractivity contribution in [2.24, 2.45) is 4.99 Å². The van der Waals surface area contributed by atoms with Gasteiger partial charge < -0.3 is 24.8 Å². The van der Waals surface area contributed by atoms with Crippen LogP contribution in [0.4, 0.5) is 4.39 Å². The van der Waals surface area contributed by atoms with Crippen LogP contribution in [0.5, 0.6) is 5.75 Å². The van der Waals surface area contributed by atoms with Crippen LogP contribution in [0.3, 0.4) is 0 Å². The summed E-state index contributed by atoms with van der Waals surface area (Å²) in [5.41, 5.74) is 0. The van der Waals surface area contributed by atoms with Gasteiger partial charge in [0.25, 0.3) is 0 Å². The van der Waals surface area contributed by atoms with Crippen molar-refractivity contribution in [1.82, 2.24) is 10.6 Å². The van der Waals surface area contributed by atoms with E-state index in [-0.39, 0.29) is 29.8 Å². The average molecular weight is 367 g/mol. The normalized spacial score (nSPS) is 19.8. The Kier molecular flexibility index (Phi) is 8.64. The van der Waals surface area contributed by atoms with Crippen molar-refractivity contribution in [2.75, 3.05) is 32.9 Å². The molecule has 1 aliphatic heterocycles. The number of hydrogen-bond acceptors (Lipinski definition) is 4. The fourth-order valence-corrected chi connectivity index (χ4v) is 2.53. The maximum atomic E-state index is 13.6. The van der Waals surface area contributed by atoms with E-state index in [4.69, 9.17) is 14.2 Å². The number of nitrogens with zero attached hydrogens (tertiary/aromatic N) is 1. The van der Waals surface area contributed by atoms with Gasteiger partial charge in [0.15, 0.2) is 17.5 Å². The number of benzene rings is 1. The standard InChI is InChI=1S/C19H30FN3O3/c1-4-21-19(23-14(2)12-25-16-9-10-24-13-16)22-11-15(3)26-18-8-6-5-7-17(18)20/h5-8,14-16H,4,9-13H2,1-3H3,(H2,21,22,23). The molecule has 1 saturated heterocycles. The molecule has 1 aliphatic rings. The van der Waals surface area contributed by atoms with Crippen LogP contribution in [0.15, 0.2) is 29.3 Å². The summed E-state index contributed by atoms with van der Waals surface area (Å²) in [6.07, 6.45) is 0.892. The SMILES string of the molecule is CCNC(=NCC(C)Oc1ccccc1F)NC(C)COC1CCOC1. The van der Waals surface area contributed by atoms with Gasteiger partial charge in [-0.2, -0.15) is 0 Å². The van der Waals surface area contributed by atoms with Crippen LogP contribution in [0, 0.1) is 5.82 Å². The van der Waals surface area contributed by atoms with Gasteiger partial charge in [-0.1, -0.05) is 12.1 Å². The highest BCUT2D eigenvalue weighted by atomic mass is 19.1. The van der Waals surface area contributed by atoms with E-state index < -0.39 is 0 Å². The number of aliphatic imine (C=N–C) groups is 1. The number of guanidine groups is 1. The topological polar surface area (TPSA) is 64.1 Å². The van der Waals surface area contributed by atoms with E-state index >= 15 is 0 Å². The lowest BCUT2D eigenvalue weighted by atomic mass is 10.3. The van der Waals surface area contributed by atoms with Crippen molar-refractivity contribution in [3.8, 4) is 5.75 Å². The molecule has 3 unspecified atom stereocenters. The molecule has 1 aromatic carbocycles. The Morgan fingerprint density at radius 1 is 1.38 bits per heavy atom. The fourth-order valence-electron chi connectivity index (χ4n) is 2.53. The summed E-state index contributed by atoms with van der Waals surface area (Å²) in [6, 6.07) is 6.49. The minimum atomic E-state index is -0.366. The predicted octanol–water partition coefficient (Wildman–Crippen LogP) is 2.34. The molecule has 7 heteroatoms. The number of halogens is 1. The molecule has 0 bridgehead atoms. The predicted molar refractivity (Wildman–Crippen MR) is 100 cm³/mol. The van der Waals surface area contributed by atoms with Crippen molar-refractivity contribution >= 4 is 5.96 Å². The zero-order valence-electron chi connectivity index (χ0n) is 15.8. The molecule has 0 saturated carbocycles. The zero-order chi connectivity index (χ0) is 18.8. The van der Waals surface area contributed by atoms with E-state index in [0.717, 1.165) is 19.6 Å². The molecule has 6 nitrogen and oxygen atoms in total. The molecule has 3 atom stereocenters. The van der Waals surface area contributed by atoms with Gasteiger partial charge in [0.2, 0.25) is 0 Å². The fraction of sp³-hybridized carbons (Fsp3) is 0.632. The van der Waals surface area contributed by atoms with Crippen LogP contribution < -0.4 is 15.4 Å². The minimum absolute atomic E-state index is 0.108. The molecular formula is C19H30FN3O3. The molecule has 1 aromatic rings. The van der Waals surface area contributed by atoms with Gasteiger partial charge >= 0.3 is 0 Å². The highest BCUT2D eigenvalue weighted by Crippen LogP contribution is 2.17. The van der Waals surface area contributed by atoms with Gasteiger partial charge in [-0.05, 0) is 39.3 Å². The lowest BCUT2D eigenvalue weighted by molar-refractivity contribution is 0.0347. The van der Waals surface area contributed by atoms with Crippen LogP contribution in [0.1, 0.15) is 27.2 Å². The Bertz CT molecular complexity index is 565. The summed E-state index contributed by atoms with van der Waals surface area (Å²) in [5, 5.41) is 6.52.